The molecule has 0 spiro atoms. The van der Waals surface area contributed by atoms with E-state index < -0.39 is 15.5 Å². The molecule has 7 heteroatoms. The predicted octanol–water partition coefficient (Wildman–Crippen LogP) is 2.29. The van der Waals surface area contributed by atoms with Crippen LogP contribution < -0.4 is 5.14 Å². The fourth-order valence-corrected chi connectivity index (χ4v) is 3.28. The number of halogens is 1. The third-order valence-electron chi connectivity index (χ3n) is 3.53. The van der Waals surface area contributed by atoms with Crippen LogP contribution in [0, 0.1) is 17.1 Å². The highest BCUT2D eigenvalue weighted by Crippen LogP contribution is 2.31. The van der Waals surface area contributed by atoms with Gasteiger partial charge in [0.25, 0.3) is 0 Å². The highest BCUT2D eigenvalue weighted by atomic mass is 32.2. The standard InChI is InChI=1S/C17H14FN3O2S/c1-24(20,23)10-17-15(9-19)14-8-13(22)6-7-16(14)21(17)12-4-2-11(18)3-5-12/h2-8,10,22H,1H3,(H2,20,23). The summed E-state index contributed by atoms with van der Waals surface area (Å²) in [5.74, 6) is -0.385. The zero-order chi connectivity index (χ0) is 17.5. The van der Waals surface area contributed by atoms with Crippen molar-refractivity contribution in [3.63, 3.8) is 0 Å². The largest absolute Gasteiger partial charge is 0.508 e. The van der Waals surface area contributed by atoms with Crippen molar-refractivity contribution in [2.24, 2.45) is 5.14 Å². The molecule has 0 amide bonds. The van der Waals surface area contributed by atoms with E-state index in [9.17, 15) is 19.0 Å². The Morgan fingerprint density at radius 1 is 1.29 bits per heavy atom. The molecule has 2 aromatic carbocycles. The summed E-state index contributed by atoms with van der Waals surface area (Å²) in [6.07, 6.45) is 1.36. The summed E-state index contributed by atoms with van der Waals surface area (Å²) >= 11 is 0. The van der Waals surface area contributed by atoms with E-state index in [1.807, 2.05) is 0 Å². The van der Waals surface area contributed by atoms with Gasteiger partial charge in [0.2, 0.25) is 0 Å². The third kappa shape index (κ3) is 2.85. The first kappa shape index (κ1) is 16.1. The molecule has 0 radical (unpaired) electrons. The van der Waals surface area contributed by atoms with Crippen molar-refractivity contribution in [3.05, 3.63) is 59.5 Å². The molecule has 0 aliphatic rings. The first-order valence-electron chi connectivity index (χ1n) is 6.95. The number of nitrogens with zero attached hydrogens (tertiary/aromatic N) is 2. The van der Waals surface area contributed by atoms with Gasteiger partial charge in [-0.1, -0.05) is 0 Å². The normalized spacial score (nSPS) is 13.4. The van der Waals surface area contributed by atoms with Crippen LogP contribution in [0.25, 0.3) is 16.6 Å². The van der Waals surface area contributed by atoms with E-state index in [4.69, 9.17) is 5.14 Å². The lowest BCUT2D eigenvalue weighted by Crippen LogP contribution is -2.15. The number of hydrogen-bond acceptors (Lipinski definition) is 3. The number of nitriles is 1. The molecule has 0 bridgehead atoms. The number of phenols is 1. The van der Waals surface area contributed by atoms with Crippen LogP contribution in [0.15, 0.2) is 42.5 Å². The summed E-state index contributed by atoms with van der Waals surface area (Å²) in [5.41, 5.74) is 1.79. The summed E-state index contributed by atoms with van der Waals surface area (Å²) in [6.45, 7) is 0. The minimum Gasteiger partial charge on any atom is -0.508 e. The molecule has 0 saturated carbocycles. The Kier molecular flexibility index (Phi) is 3.79. The number of benzene rings is 2. The van der Waals surface area contributed by atoms with E-state index >= 15 is 0 Å². The van der Waals surface area contributed by atoms with E-state index in [0.29, 0.717) is 22.3 Å². The van der Waals surface area contributed by atoms with Gasteiger partial charge < -0.3 is 9.67 Å². The molecule has 1 atom stereocenters. The molecule has 3 rings (SSSR count). The zero-order valence-corrected chi connectivity index (χ0v) is 13.5. The topological polar surface area (TPSA) is 92.0 Å². The molecular formula is C17H14FN3O2S. The maximum Gasteiger partial charge on any atom is 0.123 e. The van der Waals surface area contributed by atoms with Crippen LogP contribution in [0.4, 0.5) is 4.39 Å². The molecule has 1 aromatic heterocycles. The molecule has 0 fully saturated rings. The fraction of sp³-hybridized carbons (Fsp3) is 0.0588. The number of hydrogen-bond donors (Lipinski definition) is 2. The van der Waals surface area contributed by atoms with E-state index in [1.54, 1.807) is 22.8 Å². The Morgan fingerprint density at radius 2 is 1.96 bits per heavy atom. The highest BCUT2D eigenvalue weighted by Gasteiger charge is 2.18. The molecule has 0 aliphatic carbocycles. The quantitative estimate of drug-likeness (QED) is 0.699. The van der Waals surface area contributed by atoms with Gasteiger partial charge in [0.05, 0.1) is 16.8 Å². The van der Waals surface area contributed by atoms with E-state index in [1.165, 1.54) is 35.9 Å². The van der Waals surface area contributed by atoms with Gasteiger partial charge in [0, 0.05) is 32.4 Å². The van der Waals surface area contributed by atoms with Gasteiger partial charge in [0.1, 0.15) is 17.6 Å². The second-order valence-corrected chi connectivity index (χ2v) is 7.64. The van der Waals surface area contributed by atoms with Crippen molar-refractivity contribution in [1.29, 1.82) is 5.26 Å². The van der Waals surface area contributed by atoms with Crippen molar-refractivity contribution in [2.75, 3.05) is 6.26 Å². The lowest BCUT2D eigenvalue weighted by atomic mass is 10.1. The molecule has 0 saturated heterocycles. The van der Waals surface area contributed by atoms with Crippen molar-refractivity contribution in [1.82, 2.24) is 4.57 Å². The summed E-state index contributed by atoms with van der Waals surface area (Å²) < 4.78 is 27.0. The number of fused-ring (bicyclic) bond motifs is 1. The van der Waals surface area contributed by atoms with Gasteiger partial charge >= 0.3 is 0 Å². The van der Waals surface area contributed by atoms with Gasteiger partial charge in [0.15, 0.2) is 0 Å². The van der Waals surface area contributed by atoms with Gasteiger partial charge in [-0.05, 0) is 42.5 Å². The van der Waals surface area contributed by atoms with Crippen molar-refractivity contribution >= 4 is 26.0 Å². The molecule has 3 N–H and O–H groups in total. The monoisotopic (exact) mass is 343 g/mol. The second kappa shape index (κ2) is 5.67. The predicted molar refractivity (Wildman–Crippen MR) is 93.0 cm³/mol. The Morgan fingerprint density at radius 3 is 2.54 bits per heavy atom. The van der Waals surface area contributed by atoms with Crippen LogP contribution in [0.3, 0.4) is 0 Å². The fourth-order valence-electron chi connectivity index (χ4n) is 2.62. The first-order chi connectivity index (χ1) is 11.3. The highest BCUT2D eigenvalue weighted by molar-refractivity contribution is 7.98. The van der Waals surface area contributed by atoms with Crippen LogP contribution in [-0.4, -0.2) is 25.5 Å². The average Bonchev–Trinajstić information content (AvgIpc) is 2.78. The van der Waals surface area contributed by atoms with Crippen LogP contribution in [0.5, 0.6) is 5.75 Å². The second-order valence-electron chi connectivity index (χ2n) is 5.47. The average molecular weight is 343 g/mol. The number of nitrogens with two attached hydrogens (primary N) is 1. The number of phenolic OH excluding ortho intramolecular Hbond substituents is 1. The molecule has 3 aromatic rings. The summed E-state index contributed by atoms with van der Waals surface area (Å²) in [5, 5.41) is 26.8. The van der Waals surface area contributed by atoms with Crippen molar-refractivity contribution in [2.45, 2.75) is 0 Å². The van der Waals surface area contributed by atoms with Crippen LogP contribution in [0.2, 0.25) is 0 Å². The van der Waals surface area contributed by atoms with E-state index in [0.717, 1.165) is 0 Å². The van der Waals surface area contributed by atoms with Crippen molar-refractivity contribution < 1.29 is 13.7 Å². The minimum atomic E-state index is -2.79. The van der Waals surface area contributed by atoms with Gasteiger partial charge in [-0.15, -0.1) is 0 Å². The molecule has 24 heavy (non-hydrogen) atoms. The molecule has 0 aliphatic heterocycles. The van der Waals surface area contributed by atoms with Crippen molar-refractivity contribution in [3.8, 4) is 17.5 Å². The Labute approximate surface area is 138 Å². The number of aromatic nitrogens is 1. The van der Waals surface area contributed by atoms with Gasteiger partial charge in [-0.25, -0.2) is 4.39 Å². The SMILES string of the molecule is CS(N)(=O)=Cc1c(C#N)c2cc(O)ccc2n1-c1ccc(F)cc1. The summed E-state index contributed by atoms with van der Waals surface area (Å²) in [7, 11) is -2.79. The van der Waals surface area contributed by atoms with Crippen LogP contribution in [0.1, 0.15) is 11.3 Å². The molecular weight excluding hydrogens is 329 g/mol. The maximum absolute atomic E-state index is 13.2. The van der Waals surface area contributed by atoms with Gasteiger partial charge in [-0.3, -0.25) is 9.35 Å². The van der Waals surface area contributed by atoms with E-state index in [-0.39, 0.29) is 11.3 Å². The Balaban J connectivity index is 2.50. The van der Waals surface area contributed by atoms with Gasteiger partial charge in [-0.2, -0.15) is 5.26 Å². The molecule has 1 unspecified atom stereocenters. The third-order valence-corrected chi connectivity index (χ3v) is 4.22. The summed E-state index contributed by atoms with van der Waals surface area (Å²) in [6, 6.07) is 12.3. The zero-order valence-electron chi connectivity index (χ0n) is 12.7. The Hall–Kier alpha value is -2.82. The van der Waals surface area contributed by atoms with Crippen LogP contribution in [-0.2, 0) is 9.71 Å². The van der Waals surface area contributed by atoms with Crippen LogP contribution >= 0.6 is 0 Å². The lowest BCUT2D eigenvalue weighted by Gasteiger charge is -2.09. The molecule has 5 nitrogen and oxygen atoms in total. The number of rotatable bonds is 2. The number of aromatic hydroxyl groups is 1. The smallest absolute Gasteiger partial charge is 0.123 e. The maximum atomic E-state index is 13.2. The summed E-state index contributed by atoms with van der Waals surface area (Å²) in [4.78, 5) is 0. The first-order valence-corrected chi connectivity index (χ1v) is 9.04. The Bertz CT molecular complexity index is 1090. The molecule has 122 valence electrons. The lowest BCUT2D eigenvalue weighted by molar-refractivity contribution is 0.476. The molecule has 1 heterocycles. The minimum absolute atomic E-state index is 0.00628. The van der Waals surface area contributed by atoms with E-state index in [2.05, 4.69) is 6.07 Å².